The van der Waals surface area contributed by atoms with E-state index >= 15 is 0 Å². The first-order valence-corrected chi connectivity index (χ1v) is 7.37. The zero-order valence-corrected chi connectivity index (χ0v) is 13.4. The van der Waals surface area contributed by atoms with Gasteiger partial charge in [0.15, 0.2) is 0 Å². The Bertz CT molecular complexity index is 629. The molecular weight excluding hydrogens is 336 g/mol. The molecule has 112 valence electrons. The monoisotopic (exact) mass is 352 g/mol. The van der Waals surface area contributed by atoms with Gasteiger partial charge in [0.1, 0.15) is 6.33 Å². The van der Waals surface area contributed by atoms with Crippen molar-refractivity contribution in [3.05, 3.63) is 46.5 Å². The number of halogens is 1. The summed E-state index contributed by atoms with van der Waals surface area (Å²) in [6, 6.07) is 7.43. The fraction of sp³-hybridized carbons (Fsp3) is 0.357. The van der Waals surface area contributed by atoms with Crippen LogP contribution in [0.1, 0.15) is 35.6 Å². The van der Waals surface area contributed by atoms with Gasteiger partial charge in [-0.25, -0.2) is 14.5 Å². The number of carbonyl (C=O) groups excluding carboxylic acids is 1. The maximum absolute atomic E-state index is 11.5. The molecule has 0 fully saturated rings. The smallest absolute Gasteiger partial charge is 0.377 e. The fourth-order valence-electron chi connectivity index (χ4n) is 2.10. The Morgan fingerprint density at radius 2 is 2.19 bits per heavy atom. The molecule has 1 aromatic carbocycles. The van der Waals surface area contributed by atoms with E-state index in [9.17, 15) is 4.79 Å². The Labute approximate surface area is 131 Å². The second kappa shape index (κ2) is 6.82. The van der Waals surface area contributed by atoms with Gasteiger partial charge >= 0.3 is 5.97 Å². The molecule has 0 spiro atoms. The highest BCUT2D eigenvalue weighted by Crippen LogP contribution is 2.28. The first-order valence-electron chi connectivity index (χ1n) is 6.58. The second-order valence-electron chi connectivity index (χ2n) is 4.58. The molecule has 2 rings (SSSR count). The molecule has 7 heteroatoms. The summed E-state index contributed by atoms with van der Waals surface area (Å²) >= 11 is 3.53. The minimum atomic E-state index is -0.565. The third kappa shape index (κ3) is 3.30. The van der Waals surface area contributed by atoms with Crippen LogP contribution in [0.25, 0.3) is 0 Å². The molecule has 0 saturated heterocycles. The number of aromatic nitrogens is 3. The number of carbonyl (C=O) groups is 1. The van der Waals surface area contributed by atoms with Gasteiger partial charge in [-0.3, -0.25) is 0 Å². The van der Waals surface area contributed by atoms with Gasteiger partial charge in [-0.1, -0.05) is 41.1 Å². The Balaban J connectivity index is 2.44. The predicted octanol–water partition coefficient (Wildman–Crippen LogP) is 2.15. The maximum Gasteiger partial charge on any atom is 0.377 e. The minimum absolute atomic E-state index is 0.0258. The number of hydrogen-bond acceptors (Lipinski definition) is 5. The minimum Gasteiger partial charge on any atom is -0.463 e. The lowest BCUT2D eigenvalue weighted by atomic mass is 9.98. The zero-order chi connectivity index (χ0) is 15.4. The summed E-state index contributed by atoms with van der Waals surface area (Å²) in [6.45, 7) is 2.01. The van der Waals surface area contributed by atoms with Crippen molar-refractivity contribution in [1.82, 2.24) is 14.8 Å². The Hall–Kier alpha value is -1.73. The summed E-state index contributed by atoms with van der Waals surface area (Å²) in [5.41, 5.74) is 7.24. The predicted molar refractivity (Wildman–Crippen MR) is 81.9 cm³/mol. The van der Waals surface area contributed by atoms with Gasteiger partial charge in [0.05, 0.1) is 13.2 Å². The SMILES string of the molecule is CCC(N)C(c1ccccc1Br)n1cnc(C(=O)OC)n1. The third-order valence-electron chi connectivity index (χ3n) is 3.26. The largest absolute Gasteiger partial charge is 0.463 e. The second-order valence-corrected chi connectivity index (χ2v) is 5.43. The molecule has 1 aromatic heterocycles. The Morgan fingerprint density at radius 3 is 2.81 bits per heavy atom. The van der Waals surface area contributed by atoms with Crippen LogP contribution in [-0.4, -0.2) is 33.9 Å². The van der Waals surface area contributed by atoms with Crippen LogP contribution in [0.3, 0.4) is 0 Å². The van der Waals surface area contributed by atoms with Crippen molar-refractivity contribution in [2.45, 2.75) is 25.4 Å². The van der Waals surface area contributed by atoms with Gasteiger partial charge in [0.2, 0.25) is 0 Å². The normalized spacial score (nSPS) is 13.7. The van der Waals surface area contributed by atoms with E-state index in [0.717, 1.165) is 16.5 Å². The van der Waals surface area contributed by atoms with Crippen LogP contribution in [0, 0.1) is 0 Å². The molecule has 21 heavy (non-hydrogen) atoms. The van der Waals surface area contributed by atoms with Crippen LogP contribution in [0.2, 0.25) is 0 Å². The van der Waals surface area contributed by atoms with E-state index in [1.54, 1.807) is 4.68 Å². The molecule has 2 N–H and O–H groups in total. The van der Waals surface area contributed by atoms with Crippen molar-refractivity contribution in [1.29, 1.82) is 0 Å². The van der Waals surface area contributed by atoms with Crippen molar-refractivity contribution in [2.24, 2.45) is 5.73 Å². The molecule has 0 bridgehead atoms. The number of nitrogens with two attached hydrogens (primary N) is 1. The molecule has 0 saturated carbocycles. The molecule has 0 aliphatic carbocycles. The van der Waals surface area contributed by atoms with Crippen molar-refractivity contribution in [3.63, 3.8) is 0 Å². The average molecular weight is 353 g/mol. The van der Waals surface area contributed by atoms with E-state index in [2.05, 4.69) is 30.7 Å². The molecule has 2 unspecified atom stereocenters. The molecule has 0 amide bonds. The standard InChI is InChI=1S/C14H17BrN4O2/c1-3-11(16)12(9-6-4-5-7-10(9)15)19-8-17-13(18-19)14(20)21-2/h4-8,11-12H,3,16H2,1-2H3. The summed E-state index contributed by atoms with van der Waals surface area (Å²) in [5, 5.41) is 4.20. The molecule has 1 heterocycles. The summed E-state index contributed by atoms with van der Waals surface area (Å²) in [5.74, 6) is -0.539. The molecule has 0 radical (unpaired) electrons. The average Bonchev–Trinajstić information content (AvgIpc) is 2.98. The lowest BCUT2D eigenvalue weighted by Crippen LogP contribution is -2.33. The van der Waals surface area contributed by atoms with Crippen molar-refractivity contribution >= 4 is 21.9 Å². The summed E-state index contributed by atoms with van der Waals surface area (Å²) < 4.78 is 7.18. The number of rotatable bonds is 5. The highest BCUT2D eigenvalue weighted by molar-refractivity contribution is 9.10. The molecule has 6 nitrogen and oxygen atoms in total. The summed E-state index contributed by atoms with van der Waals surface area (Å²) in [4.78, 5) is 15.5. The van der Waals surface area contributed by atoms with Gasteiger partial charge < -0.3 is 10.5 Å². The van der Waals surface area contributed by atoms with Gasteiger partial charge in [-0.15, -0.1) is 5.10 Å². The van der Waals surface area contributed by atoms with Gasteiger partial charge in [0, 0.05) is 10.5 Å². The van der Waals surface area contributed by atoms with Crippen molar-refractivity contribution in [3.8, 4) is 0 Å². The zero-order valence-electron chi connectivity index (χ0n) is 11.9. The topological polar surface area (TPSA) is 83.0 Å². The number of hydrogen-bond donors (Lipinski definition) is 1. The summed E-state index contributed by atoms with van der Waals surface area (Å²) in [6.07, 6.45) is 2.27. The molecule has 2 atom stereocenters. The van der Waals surface area contributed by atoms with Crippen molar-refractivity contribution in [2.75, 3.05) is 7.11 Å². The van der Waals surface area contributed by atoms with Gasteiger partial charge in [0.25, 0.3) is 5.82 Å². The third-order valence-corrected chi connectivity index (χ3v) is 3.98. The quantitative estimate of drug-likeness (QED) is 0.833. The Kier molecular flexibility index (Phi) is 5.08. The molecule has 0 aliphatic rings. The van der Waals surface area contributed by atoms with E-state index < -0.39 is 5.97 Å². The van der Waals surface area contributed by atoms with Crippen LogP contribution in [0.4, 0.5) is 0 Å². The number of esters is 1. The maximum atomic E-state index is 11.5. The van der Waals surface area contributed by atoms with E-state index in [4.69, 9.17) is 5.73 Å². The van der Waals surface area contributed by atoms with E-state index in [1.165, 1.54) is 13.4 Å². The van der Waals surface area contributed by atoms with Crippen LogP contribution >= 0.6 is 15.9 Å². The number of nitrogens with zero attached hydrogens (tertiary/aromatic N) is 3. The van der Waals surface area contributed by atoms with Crippen molar-refractivity contribution < 1.29 is 9.53 Å². The molecule has 2 aromatic rings. The van der Waals surface area contributed by atoms with Gasteiger partial charge in [-0.2, -0.15) is 0 Å². The highest BCUT2D eigenvalue weighted by atomic mass is 79.9. The summed E-state index contributed by atoms with van der Waals surface area (Å²) in [7, 11) is 1.30. The molecular formula is C14H17BrN4O2. The highest BCUT2D eigenvalue weighted by Gasteiger charge is 2.25. The molecule has 0 aliphatic heterocycles. The lowest BCUT2D eigenvalue weighted by Gasteiger charge is -2.24. The van der Waals surface area contributed by atoms with Crippen LogP contribution < -0.4 is 5.73 Å². The van der Waals surface area contributed by atoms with Gasteiger partial charge in [-0.05, 0) is 18.1 Å². The van der Waals surface area contributed by atoms with E-state index in [1.807, 2.05) is 31.2 Å². The first kappa shape index (κ1) is 15.7. The van der Waals surface area contributed by atoms with Crippen LogP contribution in [0.15, 0.2) is 35.1 Å². The van der Waals surface area contributed by atoms with Crippen LogP contribution in [0.5, 0.6) is 0 Å². The fourth-order valence-corrected chi connectivity index (χ4v) is 2.62. The van der Waals surface area contributed by atoms with Crippen LogP contribution in [-0.2, 0) is 4.74 Å². The van der Waals surface area contributed by atoms with E-state index in [0.29, 0.717) is 0 Å². The lowest BCUT2D eigenvalue weighted by molar-refractivity contribution is 0.0586. The first-order chi connectivity index (χ1) is 10.1. The number of ether oxygens (including phenoxy) is 1. The number of benzene rings is 1. The van der Waals surface area contributed by atoms with E-state index in [-0.39, 0.29) is 17.9 Å². The number of methoxy groups -OCH3 is 1. The Morgan fingerprint density at radius 1 is 1.48 bits per heavy atom.